The predicted molar refractivity (Wildman–Crippen MR) is 74.5 cm³/mol. The molecule has 1 aliphatic heterocycles. The molecule has 2 rings (SSSR count). The van der Waals surface area contributed by atoms with Crippen molar-refractivity contribution >= 4 is 5.91 Å². The molecule has 0 aromatic rings. The maximum atomic E-state index is 11.4. The Hall–Kier alpha value is -0.690. The summed E-state index contributed by atoms with van der Waals surface area (Å²) in [6.45, 7) is 2.71. The maximum Gasteiger partial charge on any atom is 0.221 e. The zero-order chi connectivity index (χ0) is 14.2. The summed E-state index contributed by atoms with van der Waals surface area (Å²) in [5.74, 6) is 0.0871. The van der Waals surface area contributed by atoms with Crippen LogP contribution in [0.2, 0.25) is 0 Å². The van der Waals surface area contributed by atoms with Gasteiger partial charge in [0.1, 0.15) is 0 Å². The average molecular weight is 286 g/mol. The lowest BCUT2D eigenvalue weighted by Gasteiger charge is -2.14. The molecule has 0 aromatic carbocycles. The number of ether oxygens (including phenoxy) is 2. The molecule has 20 heavy (non-hydrogen) atoms. The normalized spacial score (nSPS) is 23.8. The molecule has 0 aromatic heterocycles. The number of nitrogens with one attached hydrogen (secondary N) is 2. The molecule has 3 N–H and O–H groups in total. The van der Waals surface area contributed by atoms with Crippen molar-refractivity contribution in [3.8, 4) is 0 Å². The van der Waals surface area contributed by atoms with Crippen LogP contribution in [0.25, 0.3) is 0 Å². The van der Waals surface area contributed by atoms with E-state index in [-0.39, 0.29) is 12.0 Å². The summed E-state index contributed by atoms with van der Waals surface area (Å²) in [7, 11) is 0. The van der Waals surface area contributed by atoms with Crippen molar-refractivity contribution in [1.29, 1.82) is 0 Å². The van der Waals surface area contributed by atoms with Gasteiger partial charge in [-0.2, -0.15) is 0 Å². The molecule has 1 saturated carbocycles. The second-order valence-corrected chi connectivity index (χ2v) is 5.62. The van der Waals surface area contributed by atoms with Gasteiger partial charge in [0.2, 0.25) is 5.91 Å². The van der Waals surface area contributed by atoms with Gasteiger partial charge in [-0.3, -0.25) is 4.79 Å². The second kappa shape index (κ2) is 8.56. The van der Waals surface area contributed by atoms with E-state index in [1.54, 1.807) is 0 Å². The fourth-order valence-electron chi connectivity index (χ4n) is 2.17. The van der Waals surface area contributed by atoms with Gasteiger partial charge in [0, 0.05) is 32.2 Å². The molecule has 0 bridgehead atoms. The van der Waals surface area contributed by atoms with E-state index in [2.05, 4.69) is 10.6 Å². The van der Waals surface area contributed by atoms with E-state index in [0.717, 1.165) is 32.3 Å². The van der Waals surface area contributed by atoms with Crippen LogP contribution in [0, 0.1) is 0 Å². The zero-order valence-electron chi connectivity index (χ0n) is 12.0. The topological polar surface area (TPSA) is 79.8 Å². The van der Waals surface area contributed by atoms with Crippen LogP contribution in [0.15, 0.2) is 0 Å². The highest BCUT2D eigenvalue weighted by Gasteiger charge is 2.22. The summed E-state index contributed by atoms with van der Waals surface area (Å²) in [4.78, 5) is 11.4. The molecule has 0 spiro atoms. The molecule has 1 saturated heterocycles. The van der Waals surface area contributed by atoms with Gasteiger partial charge >= 0.3 is 0 Å². The summed E-state index contributed by atoms with van der Waals surface area (Å²) in [5.41, 5.74) is 0. The molecule has 2 fully saturated rings. The monoisotopic (exact) mass is 286 g/mol. The van der Waals surface area contributed by atoms with Gasteiger partial charge in [0.05, 0.1) is 25.4 Å². The summed E-state index contributed by atoms with van der Waals surface area (Å²) in [6.07, 6.45) is 4.48. The van der Waals surface area contributed by atoms with Crippen LogP contribution in [0.5, 0.6) is 0 Å². The van der Waals surface area contributed by atoms with Gasteiger partial charge in [0.25, 0.3) is 0 Å². The standard InChI is InChI=1S/C14H26N2O4/c17-12(9-19-10-13-2-1-7-20-13)8-15-6-5-14(18)16-11-3-4-11/h11-13,15,17H,1-10H2,(H,16,18). The van der Waals surface area contributed by atoms with E-state index >= 15 is 0 Å². The Morgan fingerprint density at radius 3 is 2.95 bits per heavy atom. The molecule has 116 valence electrons. The minimum absolute atomic E-state index is 0.0871. The highest BCUT2D eigenvalue weighted by atomic mass is 16.5. The van der Waals surface area contributed by atoms with Crippen LogP contribution in [0.4, 0.5) is 0 Å². The first-order chi connectivity index (χ1) is 9.74. The second-order valence-electron chi connectivity index (χ2n) is 5.62. The Bertz CT molecular complexity index is 291. The average Bonchev–Trinajstić information content (AvgIpc) is 3.07. The van der Waals surface area contributed by atoms with E-state index in [1.165, 1.54) is 0 Å². The predicted octanol–water partition coefficient (Wildman–Crippen LogP) is -0.199. The molecular formula is C14H26N2O4. The fourth-order valence-corrected chi connectivity index (χ4v) is 2.17. The molecule has 6 heteroatoms. The van der Waals surface area contributed by atoms with E-state index in [4.69, 9.17) is 9.47 Å². The molecule has 2 atom stereocenters. The number of hydrogen-bond donors (Lipinski definition) is 3. The first-order valence-electron chi connectivity index (χ1n) is 7.61. The zero-order valence-corrected chi connectivity index (χ0v) is 12.0. The van der Waals surface area contributed by atoms with Crippen LogP contribution in [0.3, 0.4) is 0 Å². The van der Waals surface area contributed by atoms with Crippen LogP contribution >= 0.6 is 0 Å². The van der Waals surface area contributed by atoms with Crippen molar-refractivity contribution < 1.29 is 19.4 Å². The van der Waals surface area contributed by atoms with Crippen molar-refractivity contribution in [2.75, 3.05) is 32.9 Å². The highest BCUT2D eigenvalue weighted by Crippen LogP contribution is 2.18. The Balaban J connectivity index is 1.39. The number of amides is 1. The van der Waals surface area contributed by atoms with E-state index in [9.17, 15) is 9.90 Å². The minimum atomic E-state index is -0.539. The van der Waals surface area contributed by atoms with Crippen LogP contribution in [0.1, 0.15) is 32.1 Å². The lowest BCUT2D eigenvalue weighted by molar-refractivity contribution is -0.121. The Kier molecular flexibility index (Phi) is 6.72. The molecular weight excluding hydrogens is 260 g/mol. The SMILES string of the molecule is O=C(CCNCC(O)COCC1CCCO1)NC1CC1. The number of carbonyl (C=O) groups excluding carboxylic acids is 1. The highest BCUT2D eigenvalue weighted by molar-refractivity contribution is 5.76. The summed E-state index contributed by atoms with van der Waals surface area (Å²) in [5, 5.41) is 15.7. The first kappa shape index (κ1) is 15.7. The van der Waals surface area contributed by atoms with Gasteiger partial charge in [-0.05, 0) is 25.7 Å². The summed E-state index contributed by atoms with van der Waals surface area (Å²) >= 11 is 0. The van der Waals surface area contributed by atoms with E-state index in [1.807, 2.05) is 0 Å². The Morgan fingerprint density at radius 1 is 1.40 bits per heavy atom. The van der Waals surface area contributed by atoms with Crippen LogP contribution in [-0.4, -0.2) is 62.2 Å². The van der Waals surface area contributed by atoms with Gasteiger partial charge in [0.15, 0.2) is 0 Å². The number of aliphatic hydroxyl groups excluding tert-OH is 1. The molecule has 2 aliphatic rings. The van der Waals surface area contributed by atoms with E-state index in [0.29, 0.717) is 38.8 Å². The third-order valence-electron chi connectivity index (χ3n) is 3.49. The molecule has 1 heterocycles. The lowest BCUT2D eigenvalue weighted by atomic mass is 10.2. The quantitative estimate of drug-likeness (QED) is 0.485. The van der Waals surface area contributed by atoms with Gasteiger partial charge in [-0.15, -0.1) is 0 Å². The molecule has 1 amide bonds. The third kappa shape index (κ3) is 6.65. The number of aliphatic hydroxyl groups is 1. The van der Waals surface area contributed by atoms with Gasteiger partial charge in [-0.1, -0.05) is 0 Å². The third-order valence-corrected chi connectivity index (χ3v) is 3.49. The van der Waals surface area contributed by atoms with Crippen LogP contribution < -0.4 is 10.6 Å². The van der Waals surface area contributed by atoms with Crippen molar-refractivity contribution in [2.24, 2.45) is 0 Å². The van der Waals surface area contributed by atoms with Crippen molar-refractivity contribution in [1.82, 2.24) is 10.6 Å². The molecule has 2 unspecified atom stereocenters. The summed E-state index contributed by atoms with van der Waals surface area (Å²) in [6, 6.07) is 0.416. The smallest absolute Gasteiger partial charge is 0.221 e. The van der Waals surface area contributed by atoms with Crippen LogP contribution in [-0.2, 0) is 14.3 Å². The largest absolute Gasteiger partial charge is 0.389 e. The number of hydrogen-bond acceptors (Lipinski definition) is 5. The van der Waals surface area contributed by atoms with E-state index < -0.39 is 6.10 Å². The number of rotatable bonds is 10. The molecule has 1 aliphatic carbocycles. The fraction of sp³-hybridized carbons (Fsp3) is 0.929. The first-order valence-corrected chi connectivity index (χ1v) is 7.61. The van der Waals surface area contributed by atoms with Crippen molar-refractivity contribution in [3.63, 3.8) is 0 Å². The Labute approximate surface area is 120 Å². The number of carbonyl (C=O) groups is 1. The van der Waals surface area contributed by atoms with Crippen molar-refractivity contribution in [2.45, 2.75) is 50.4 Å². The minimum Gasteiger partial charge on any atom is -0.389 e. The lowest BCUT2D eigenvalue weighted by Crippen LogP contribution is -2.34. The van der Waals surface area contributed by atoms with Gasteiger partial charge < -0.3 is 25.2 Å². The molecule has 0 radical (unpaired) electrons. The Morgan fingerprint density at radius 2 is 2.25 bits per heavy atom. The van der Waals surface area contributed by atoms with Gasteiger partial charge in [-0.25, -0.2) is 0 Å². The van der Waals surface area contributed by atoms with Crippen molar-refractivity contribution in [3.05, 3.63) is 0 Å². The summed E-state index contributed by atoms with van der Waals surface area (Å²) < 4.78 is 10.9. The molecule has 6 nitrogen and oxygen atoms in total. The maximum absolute atomic E-state index is 11.4.